The number of phenols is 1. The lowest BCUT2D eigenvalue weighted by molar-refractivity contribution is -0.118. The van der Waals surface area contributed by atoms with Crippen LogP contribution in [0.5, 0.6) is 5.75 Å². The number of amides is 1. The van der Waals surface area contributed by atoms with Crippen LogP contribution in [-0.2, 0) is 33.3 Å². The fraction of sp³-hybridized carbons (Fsp3) is 0.641. The second kappa shape index (κ2) is 13.6. The first-order chi connectivity index (χ1) is 21.4. The lowest BCUT2D eigenvalue weighted by Gasteiger charge is -2.57. The molecule has 0 unspecified atom stereocenters. The van der Waals surface area contributed by atoms with Gasteiger partial charge < -0.3 is 21.0 Å². The number of nitrogens with one attached hydrogen (secondary N) is 1. The van der Waals surface area contributed by atoms with Gasteiger partial charge in [0.05, 0.1) is 0 Å². The summed E-state index contributed by atoms with van der Waals surface area (Å²) in [5.74, 6) is 1.65. The molecule has 0 radical (unpaired) electrons. The van der Waals surface area contributed by atoms with Gasteiger partial charge in [0, 0.05) is 41.8 Å². The van der Waals surface area contributed by atoms with E-state index in [2.05, 4.69) is 69.1 Å². The Balaban J connectivity index is 0.000000179. The van der Waals surface area contributed by atoms with E-state index in [1.54, 1.807) is 6.92 Å². The van der Waals surface area contributed by atoms with Crippen molar-refractivity contribution in [3.8, 4) is 5.75 Å². The van der Waals surface area contributed by atoms with Crippen molar-refractivity contribution in [2.24, 2.45) is 17.6 Å². The van der Waals surface area contributed by atoms with E-state index >= 15 is 0 Å². The van der Waals surface area contributed by atoms with Crippen molar-refractivity contribution < 1.29 is 14.7 Å². The zero-order valence-corrected chi connectivity index (χ0v) is 28.6. The summed E-state index contributed by atoms with van der Waals surface area (Å²) in [6.45, 7) is 15.4. The van der Waals surface area contributed by atoms with Gasteiger partial charge in [0.1, 0.15) is 11.5 Å². The molecule has 2 saturated heterocycles. The molecule has 0 aromatic heterocycles. The number of Topliss-reactive ketones (excluding diaryl/α,β-unsaturated/α-hetero) is 1. The topological polar surface area (TPSA) is 95.7 Å². The predicted molar refractivity (Wildman–Crippen MR) is 183 cm³/mol. The number of piperidine rings is 2. The van der Waals surface area contributed by atoms with Crippen molar-refractivity contribution in [3.63, 3.8) is 0 Å². The number of phenolic OH excluding ortho intramolecular Hbond substituents is 1. The van der Waals surface area contributed by atoms with E-state index in [1.165, 1.54) is 34.2 Å². The molecule has 45 heavy (non-hydrogen) atoms. The summed E-state index contributed by atoms with van der Waals surface area (Å²) in [6, 6.07) is 14.6. The average Bonchev–Trinajstić information content (AvgIpc) is 2.96. The van der Waals surface area contributed by atoms with Gasteiger partial charge in [-0.25, -0.2) is 0 Å². The van der Waals surface area contributed by atoms with Gasteiger partial charge in [-0.05, 0) is 138 Å². The van der Waals surface area contributed by atoms with Crippen molar-refractivity contribution >= 4 is 11.7 Å². The number of likely N-dealkylation sites (tertiary alicyclic amines) is 1. The number of aromatic hydroxyl groups is 1. The molecule has 6 nitrogen and oxygen atoms in total. The Bertz CT molecular complexity index is 1390. The van der Waals surface area contributed by atoms with Gasteiger partial charge in [-0.3, -0.25) is 9.69 Å². The van der Waals surface area contributed by atoms with Crippen LogP contribution in [0.25, 0.3) is 0 Å². The van der Waals surface area contributed by atoms with Crippen molar-refractivity contribution in [2.75, 3.05) is 13.1 Å². The molecule has 0 spiro atoms. The van der Waals surface area contributed by atoms with E-state index in [-0.39, 0.29) is 22.5 Å². The number of aryl methyl sites for hydroxylation is 1. The molecule has 4 N–H and O–H groups in total. The molecular formula is C39H57N3O3. The molecule has 2 aliphatic carbocycles. The summed E-state index contributed by atoms with van der Waals surface area (Å²) < 4.78 is 0. The van der Waals surface area contributed by atoms with E-state index in [0.717, 1.165) is 58.0 Å². The Morgan fingerprint density at radius 3 is 2.29 bits per heavy atom. The number of nitrogens with two attached hydrogens (primary N) is 1. The summed E-state index contributed by atoms with van der Waals surface area (Å²) in [5, 5.41) is 13.8. The third-order valence-corrected chi connectivity index (χ3v) is 12.3. The minimum absolute atomic E-state index is 0.109. The fourth-order valence-corrected chi connectivity index (χ4v) is 9.80. The molecule has 4 bridgehead atoms. The van der Waals surface area contributed by atoms with Gasteiger partial charge in [0.15, 0.2) is 0 Å². The Morgan fingerprint density at radius 2 is 1.60 bits per heavy atom. The van der Waals surface area contributed by atoms with E-state index in [4.69, 9.17) is 5.73 Å². The van der Waals surface area contributed by atoms with Crippen LogP contribution >= 0.6 is 0 Å². The Morgan fingerprint density at radius 1 is 0.956 bits per heavy atom. The molecule has 0 saturated carbocycles. The number of nitrogens with zero attached hydrogens (tertiary/aromatic N) is 1. The van der Waals surface area contributed by atoms with Gasteiger partial charge in [-0.2, -0.15) is 0 Å². The highest BCUT2D eigenvalue weighted by molar-refractivity contribution is 5.75. The summed E-state index contributed by atoms with van der Waals surface area (Å²) in [6.07, 6.45) is 9.64. The number of rotatable bonds is 9. The number of primary amides is 1. The molecule has 4 aliphatic rings. The van der Waals surface area contributed by atoms with E-state index in [0.29, 0.717) is 48.6 Å². The predicted octanol–water partition coefficient (Wildman–Crippen LogP) is 6.51. The first kappa shape index (κ1) is 33.7. The minimum Gasteiger partial charge on any atom is -0.508 e. The molecule has 2 aliphatic heterocycles. The highest BCUT2D eigenvalue weighted by Crippen LogP contribution is 2.53. The standard InChI is InChI=1S/C21H31NO2.C18H26N2O/c1-14(2)22-11-10-21(9-5-6-15(3)23)16(4)20(22)12-17-7-8-18(24)13-19(17)21;1-12-5-6-14-11-16-13(2)18(8-9-20-16,15(14)10-12)7-3-4-17(19)21/h7-8,13-14,16,20,24H,5-6,9-12H2,1-4H3;5-6,10,13,16,20H,3-4,7-9,11H2,1-2H3,(H2,19,21)/t16-,20+,21+;13-,16+,18+/m00/s1. The molecular weight excluding hydrogens is 558 g/mol. The van der Waals surface area contributed by atoms with Crippen molar-refractivity contribution in [3.05, 3.63) is 64.2 Å². The first-order valence-electron chi connectivity index (χ1n) is 17.6. The molecule has 6 rings (SSSR count). The van der Waals surface area contributed by atoms with E-state index in [9.17, 15) is 14.7 Å². The van der Waals surface area contributed by atoms with Crippen LogP contribution in [0.3, 0.4) is 0 Å². The maximum Gasteiger partial charge on any atom is 0.217 e. The number of ketones is 1. The molecule has 2 fully saturated rings. The maximum atomic E-state index is 11.4. The second-order valence-electron chi connectivity index (χ2n) is 15.1. The van der Waals surface area contributed by atoms with E-state index in [1.807, 2.05) is 12.1 Å². The summed E-state index contributed by atoms with van der Waals surface area (Å²) in [7, 11) is 0. The zero-order valence-electron chi connectivity index (χ0n) is 28.6. The fourth-order valence-electron chi connectivity index (χ4n) is 9.80. The normalized spacial score (nSPS) is 30.1. The Hall–Kier alpha value is -2.70. The highest BCUT2D eigenvalue weighted by Gasteiger charge is 2.51. The first-order valence-corrected chi connectivity index (χ1v) is 17.6. The number of carbonyl (C=O) groups is 2. The van der Waals surface area contributed by atoms with Gasteiger partial charge in [-0.1, -0.05) is 43.7 Å². The van der Waals surface area contributed by atoms with Crippen LogP contribution < -0.4 is 11.1 Å². The van der Waals surface area contributed by atoms with E-state index < -0.39 is 0 Å². The Kier molecular flexibility index (Phi) is 10.2. The summed E-state index contributed by atoms with van der Waals surface area (Å²) in [5.41, 5.74) is 12.8. The van der Waals surface area contributed by atoms with Crippen molar-refractivity contribution in [2.45, 2.75) is 135 Å². The van der Waals surface area contributed by atoms with Crippen molar-refractivity contribution in [1.29, 1.82) is 0 Å². The van der Waals surface area contributed by atoms with Crippen LogP contribution in [0.1, 0.15) is 114 Å². The average molecular weight is 616 g/mol. The van der Waals surface area contributed by atoms with Gasteiger partial charge in [0.2, 0.25) is 5.91 Å². The quantitative estimate of drug-likeness (QED) is 0.299. The second-order valence-corrected chi connectivity index (χ2v) is 15.1. The molecule has 2 heterocycles. The lowest BCUT2D eigenvalue weighted by Crippen LogP contribution is -2.60. The summed E-state index contributed by atoms with van der Waals surface area (Å²) in [4.78, 5) is 25.2. The largest absolute Gasteiger partial charge is 0.508 e. The van der Waals surface area contributed by atoms with Crippen molar-refractivity contribution in [1.82, 2.24) is 10.2 Å². The number of hydrogen-bond donors (Lipinski definition) is 3. The molecule has 1 amide bonds. The van der Waals surface area contributed by atoms with Crippen LogP contribution in [-0.4, -0.2) is 52.9 Å². The van der Waals surface area contributed by atoms with Gasteiger partial charge >= 0.3 is 0 Å². The van der Waals surface area contributed by atoms with Gasteiger partial charge in [0.25, 0.3) is 0 Å². The SMILES string of the molecule is CC(=O)CCC[C@]12CCN(C(C)C)[C@H](Cc3ccc(O)cc31)[C@@H]2C.Cc1ccc2c(c1)[C@]1(CCCC(N)=O)CCN[C@H](C2)[C@@H]1C. The smallest absolute Gasteiger partial charge is 0.217 e. The molecule has 2 aromatic rings. The van der Waals surface area contributed by atoms with Crippen LogP contribution in [0.2, 0.25) is 0 Å². The molecule has 6 heteroatoms. The maximum absolute atomic E-state index is 11.4. The number of benzene rings is 2. The van der Waals surface area contributed by atoms with Crippen LogP contribution in [0.15, 0.2) is 36.4 Å². The minimum atomic E-state index is -0.176. The van der Waals surface area contributed by atoms with Gasteiger partial charge in [-0.15, -0.1) is 0 Å². The monoisotopic (exact) mass is 615 g/mol. The third-order valence-electron chi connectivity index (χ3n) is 12.3. The number of fused-ring (bicyclic) bond motifs is 8. The summed E-state index contributed by atoms with van der Waals surface area (Å²) >= 11 is 0. The highest BCUT2D eigenvalue weighted by atomic mass is 16.3. The third kappa shape index (κ3) is 6.60. The molecule has 2 aromatic carbocycles. The van der Waals surface area contributed by atoms with Crippen LogP contribution in [0.4, 0.5) is 0 Å². The number of carbonyl (C=O) groups excluding carboxylic acids is 2. The Labute approximate surface area is 271 Å². The zero-order chi connectivity index (χ0) is 32.5. The molecule has 246 valence electrons. The van der Waals surface area contributed by atoms with Crippen LogP contribution in [0, 0.1) is 18.8 Å². The number of hydrogen-bond acceptors (Lipinski definition) is 5. The molecule has 6 atom stereocenters. The lowest BCUT2D eigenvalue weighted by atomic mass is 9.56.